The molecule has 1 aromatic carbocycles. The zero-order valence-corrected chi connectivity index (χ0v) is 12.8. The summed E-state index contributed by atoms with van der Waals surface area (Å²) in [5.74, 6) is 0.641. The summed E-state index contributed by atoms with van der Waals surface area (Å²) in [4.78, 5) is 14.7. The number of hydrogen-bond acceptors (Lipinski definition) is 3. The lowest BCUT2D eigenvalue weighted by atomic mass is 9.97. The van der Waals surface area contributed by atoms with Crippen LogP contribution < -0.4 is 15.5 Å². The molecule has 0 radical (unpaired) electrons. The minimum Gasteiger partial charge on any atom is -0.372 e. The SMILES string of the molecule is CC1CNCC1C(=O)Nc1ccc(N2CCCCC2)cc1. The molecule has 2 atom stereocenters. The van der Waals surface area contributed by atoms with Gasteiger partial charge in [-0.2, -0.15) is 0 Å². The third-order valence-corrected chi connectivity index (χ3v) is 4.71. The summed E-state index contributed by atoms with van der Waals surface area (Å²) < 4.78 is 0. The first-order valence-electron chi connectivity index (χ1n) is 8.10. The van der Waals surface area contributed by atoms with Gasteiger partial charge in [0.05, 0.1) is 5.92 Å². The molecule has 0 aromatic heterocycles. The molecule has 0 aliphatic carbocycles. The number of piperidine rings is 1. The second-order valence-electron chi connectivity index (χ2n) is 6.33. The van der Waals surface area contributed by atoms with Crippen LogP contribution in [0.2, 0.25) is 0 Å². The van der Waals surface area contributed by atoms with E-state index >= 15 is 0 Å². The van der Waals surface area contributed by atoms with Crippen molar-refractivity contribution in [2.45, 2.75) is 26.2 Å². The van der Waals surface area contributed by atoms with Gasteiger partial charge in [-0.25, -0.2) is 0 Å². The van der Waals surface area contributed by atoms with E-state index < -0.39 is 0 Å². The zero-order chi connectivity index (χ0) is 14.7. The number of hydrogen-bond donors (Lipinski definition) is 2. The molecular weight excluding hydrogens is 262 g/mol. The van der Waals surface area contributed by atoms with Crippen molar-refractivity contribution >= 4 is 17.3 Å². The van der Waals surface area contributed by atoms with Crippen LogP contribution in [0.4, 0.5) is 11.4 Å². The fraction of sp³-hybridized carbons (Fsp3) is 0.588. The molecule has 2 aliphatic rings. The molecule has 2 fully saturated rings. The molecule has 0 spiro atoms. The molecule has 2 heterocycles. The van der Waals surface area contributed by atoms with Crippen molar-refractivity contribution < 1.29 is 4.79 Å². The molecule has 0 saturated carbocycles. The number of nitrogens with zero attached hydrogens (tertiary/aromatic N) is 1. The van der Waals surface area contributed by atoms with Gasteiger partial charge < -0.3 is 15.5 Å². The molecule has 2 aliphatic heterocycles. The summed E-state index contributed by atoms with van der Waals surface area (Å²) >= 11 is 0. The molecule has 21 heavy (non-hydrogen) atoms. The first-order chi connectivity index (χ1) is 10.2. The van der Waals surface area contributed by atoms with Crippen molar-refractivity contribution in [2.75, 3.05) is 36.4 Å². The highest BCUT2D eigenvalue weighted by molar-refractivity contribution is 5.93. The molecule has 3 rings (SSSR count). The smallest absolute Gasteiger partial charge is 0.229 e. The highest BCUT2D eigenvalue weighted by Gasteiger charge is 2.29. The van der Waals surface area contributed by atoms with Crippen LogP contribution >= 0.6 is 0 Å². The molecule has 0 bridgehead atoms. The van der Waals surface area contributed by atoms with E-state index in [1.165, 1.54) is 24.9 Å². The number of anilines is 2. The topological polar surface area (TPSA) is 44.4 Å². The van der Waals surface area contributed by atoms with Crippen LogP contribution in [0.1, 0.15) is 26.2 Å². The van der Waals surface area contributed by atoms with Crippen LogP contribution in [0.15, 0.2) is 24.3 Å². The Morgan fingerprint density at radius 3 is 2.48 bits per heavy atom. The standard InChI is InChI=1S/C17H25N3O/c1-13-11-18-12-16(13)17(21)19-14-5-7-15(8-6-14)20-9-3-2-4-10-20/h5-8,13,16,18H,2-4,9-12H2,1H3,(H,19,21). The van der Waals surface area contributed by atoms with E-state index in [-0.39, 0.29) is 11.8 Å². The Labute approximate surface area is 126 Å². The van der Waals surface area contributed by atoms with Gasteiger partial charge in [0, 0.05) is 31.0 Å². The highest BCUT2D eigenvalue weighted by Crippen LogP contribution is 2.23. The second kappa shape index (κ2) is 6.48. The first kappa shape index (κ1) is 14.4. The normalized spacial score (nSPS) is 25.9. The molecule has 4 nitrogen and oxygen atoms in total. The van der Waals surface area contributed by atoms with Crippen LogP contribution in [0.25, 0.3) is 0 Å². The lowest BCUT2D eigenvalue weighted by Crippen LogP contribution is -2.29. The monoisotopic (exact) mass is 287 g/mol. The van der Waals surface area contributed by atoms with Gasteiger partial charge in [0.15, 0.2) is 0 Å². The van der Waals surface area contributed by atoms with Gasteiger partial charge in [0.25, 0.3) is 0 Å². The number of amides is 1. The number of carbonyl (C=O) groups is 1. The van der Waals surface area contributed by atoms with Gasteiger partial charge >= 0.3 is 0 Å². The lowest BCUT2D eigenvalue weighted by Gasteiger charge is -2.28. The maximum atomic E-state index is 12.3. The van der Waals surface area contributed by atoms with E-state index in [4.69, 9.17) is 0 Å². The van der Waals surface area contributed by atoms with Gasteiger partial charge in [-0.3, -0.25) is 4.79 Å². The maximum Gasteiger partial charge on any atom is 0.229 e. The predicted octanol–water partition coefficient (Wildman–Crippen LogP) is 2.47. The van der Waals surface area contributed by atoms with Crippen molar-refractivity contribution in [3.63, 3.8) is 0 Å². The Hall–Kier alpha value is -1.55. The highest BCUT2D eigenvalue weighted by atomic mass is 16.1. The fourth-order valence-electron chi connectivity index (χ4n) is 3.30. The molecule has 2 N–H and O–H groups in total. The Kier molecular flexibility index (Phi) is 4.44. The van der Waals surface area contributed by atoms with E-state index in [2.05, 4.69) is 34.6 Å². The number of rotatable bonds is 3. The summed E-state index contributed by atoms with van der Waals surface area (Å²) in [7, 11) is 0. The van der Waals surface area contributed by atoms with Crippen LogP contribution in [0, 0.1) is 11.8 Å². The third-order valence-electron chi connectivity index (χ3n) is 4.71. The van der Waals surface area contributed by atoms with Crippen LogP contribution in [0.5, 0.6) is 0 Å². The summed E-state index contributed by atoms with van der Waals surface area (Å²) in [6, 6.07) is 8.29. The van der Waals surface area contributed by atoms with Crippen molar-refractivity contribution in [1.29, 1.82) is 0 Å². The largest absolute Gasteiger partial charge is 0.372 e. The van der Waals surface area contributed by atoms with E-state index in [9.17, 15) is 4.79 Å². The first-order valence-corrected chi connectivity index (χ1v) is 8.10. The zero-order valence-electron chi connectivity index (χ0n) is 12.8. The molecule has 2 saturated heterocycles. The van der Waals surface area contributed by atoms with Gasteiger partial charge in [-0.05, 0) is 56.0 Å². The molecular formula is C17H25N3O. The van der Waals surface area contributed by atoms with Crippen LogP contribution in [0.3, 0.4) is 0 Å². The van der Waals surface area contributed by atoms with Crippen molar-refractivity contribution in [3.8, 4) is 0 Å². The predicted molar refractivity (Wildman–Crippen MR) is 86.7 cm³/mol. The van der Waals surface area contributed by atoms with E-state index in [1.807, 2.05) is 12.1 Å². The summed E-state index contributed by atoms with van der Waals surface area (Å²) in [6.45, 7) is 6.16. The van der Waals surface area contributed by atoms with Crippen molar-refractivity contribution in [2.24, 2.45) is 11.8 Å². The van der Waals surface area contributed by atoms with Crippen molar-refractivity contribution in [1.82, 2.24) is 5.32 Å². The van der Waals surface area contributed by atoms with Gasteiger partial charge in [-0.1, -0.05) is 6.92 Å². The number of benzene rings is 1. The quantitative estimate of drug-likeness (QED) is 0.897. The van der Waals surface area contributed by atoms with E-state index in [1.54, 1.807) is 0 Å². The molecule has 2 unspecified atom stereocenters. The third kappa shape index (κ3) is 3.38. The summed E-state index contributed by atoms with van der Waals surface area (Å²) in [6.07, 6.45) is 3.91. The average Bonchev–Trinajstić information content (AvgIpc) is 2.95. The summed E-state index contributed by atoms with van der Waals surface area (Å²) in [5, 5.41) is 6.32. The Bertz CT molecular complexity index is 479. The van der Waals surface area contributed by atoms with Gasteiger partial charge in [0.1, 0.15) is 0 Å². The van der Waals surface area contributed by atoms with Crippen LogP contribution in [-0.2, 0) is 4.79 Å². The van der Waals surface area contributed by atoms with Crippen LogP contribution in [-0.4, -0.2) is 32.1 Å². The fourth-order valence-corrected chi connectivity index (χ4v) is 3.30. The molecule has 1 amide bonds. The molecule has 4 heteroatoms. The Morgan fingerprint density at radius 1 is 1.14 bits per heavy atom. The lowest BCUT2D eigenvalue weighted by molar-refractivity contribution is -0.120. The Balaban J connectivity index is 1.60. The second-order valence-corrected chi connectivity index (χ2v) is 6.33. The number of carbonyl (C=O) groups excluding carboxylic acids is 1. The molecule has 1 aromatic rings. The van der Waals surface area contributed by atoms with Crippen molar-refractivity contribution in [3.05, 3.63) is 24.3 Å². The van der Waals surface area contributed by atoms with E-state index in [0.29, 0.717) is 5.92 Å². The minimum atomic E-state index is 0.0896. The van der Waals surface area contributed by atoms with Gasteiger partial charge in [0.2, 0.25) is 5.91 Å². The summed E-state index contributed by atoms with van der Waals surface area (Å²) in [5.41, 5.74) is 2.17. The Morgan fingerprint density at radius 2 is 1.86 bits per heavy atom. The number of nitrogens with one attached hydrogen (secondary N) is 2. The molecule has 114 valence electrons. The minimum absolute atomic E-state index is 0.0896. The van der Waals surface area contributed by atoms with E-state index in [0.717, 1.165) is 31.9 Å². The maximum absolute atomic E-state index is 12.3. The average molecular weight is 287 g/mol. The van der Waals surface area contributed by atoms with Gasteiger partial charge in [-0.15, -0.1) is 0 Å².